The summed E-state index contributed by atoms with van der Waals surface area (Å²) in [5, 5.41) is 9.25. The number of rotatable bonds is 10. The number of nitrogens with two attached hydrogens (primary N) is 1. The summed E-state index contributed by atoms with van der Waals surface area (Å²) in [4.78, 5) is 11.7. The third-order valence-electron chi connectivity index (χ3n) is 3.08. The van der Waals surface area contributed by atoms with Crippen molar-refractivity contribution in [3.05, 3.63) is 0 Å². The maximum atomic E-state index is 11.7. The predicted molar refractivity (Wildman–Crippen MR) is 67.3 cm³/mol. The first kappa shape index (κ1) is 15.3. The largest absolute Gasteiger partial charge is 0.369 e. The van der Waals surface area contributed by atoms with Gasteiger partial charge in [-0.05, 0) is 60.0 Å². The minimum absolute atomic E-state index is 0.187. The average Bonchev–Trinajstić information content (AvgIpc) is 2.28. The number of hydrogen-bond acceptors (Lipinski definition) is 4. The molecular weight excluding hydrogens is 204 g/mol. The van der Waals surface area contributed by atoms with Crippen LogP contribution in [-0.2, 0) is 4.79 Å². The maximum Gasteiger partial charge on any atom is 0.223 e. The van der Waals surface area contributed by atoms with Crippen LogP contribution < -0.4 is 21.7 Å². The molecule has 0 bridgehead atoms. The molecule has 0 unspecified atom stereocenters. The van der Waals surface area contributed by atoms with E-state index >= 15 is 0 Å². The average molecular weight is 230 g/mol. The lowest BCUT2D eigenvalue weighted by molar-refractivity contribution is -0.128. The zero-order valence-electron chi connectivity index (χ0n) is 10.7. The highest BCUT2D eigenvalue weighted by Gasteiger charge is 2.34. The number of carbonyl (C=O) groups excluding carboxylic acids is 1. The number of nitrogens with one attached hydrogen (secondary N) is 3. The Morgan fingerprint density at radius 1 is 0.938 bits per heavy atom. The fourth-order valence-electron chi connectivity index (χ4n) is 1.84. The third kappa shape index (κ3) is 4.92. The van der Waals surface area contributed by atoms with E-state index in [9.17, 15) is 4.79 Å². The van der Waals surface area contributed by atoms with Crippen LogP contribution in [0.15, 0.2) is 0 Å². The molecule has 0 rings (SSSR count). The summed E-state index contributed by atoms with van der Waals surface area (Å²) in [5.41, 5.74) is 5.18. The van der Waals surface area contributed by atoms with Crippen molar-refractivity contribution in [1.82, 2.24) is 16.0 Å². The normalized spacial score (nSPS) is 11.7. The van der Waals surface area contributed by atoms with E-state index < -0.39 is 5.41 Å². The zero-order valence-corrected chi connectivity index (χ0v) is 10.7. The van der Waals surface area contributed by atoms with E-state index in [0.29, 0.717) is 0 Å². The van der Waals surface area contributed by atoms with Crippen LogP contribution in [0.3, 0.4) is 0 Å². The molecule has 0 radical (unpaired) electrons. The lowest BCUT2D eigenvalue weighted by atomic mass is 9.77. The fraction of sp³-hybridized carbons (Fsp3) is 0.909. The quantitative estimate of drug-likeness (QED) is 0.400. The van der Waals surface area contributed by atoms with Crippen molar-refractivity contribution in [3.63, 3.8) is 0 Å². The first-order valence-electron chi connectivity index (χ1n) is 5.86. The van der Waals surface area contributed by atoms with Gasteiger partial charge in [0.05, 0.1) is 5.41 Å². The lowest BCUT2D eigenvalue weighted by Crippen LogP contribution is -2.42. The molecule has 0 atom stereocenters. The van der Waals surface area contributed by atoms with Gasteiger partial charge in [-0.15, -0.1) is 0 Å². The van der Waals surface area contributed by atoms with Gasteiger partial charge >= 0.3 is 0 Å². The Labute approximate surface area is 98.5 Å². The summed E-state index contributed by atoms with van der Waals surface area (Å²) in [6.45, 7) is 2.45. The first-order chi connectivity index (χ1) is 7.63. The Morgan fingerprint density at radius 2 is 1.25 bits per heavy atom. The molecule has 0 saturated carbocycles. The van der Waals surface area contributed by atoms with Crippen LogP contribution >= 0.6 is 0 Å². The Hall–Kier alpha value is -0.650. The molecule has 0 saturated heterocycles. The monoisotopic (exact) mass is 230 g/mol. The molecule has 16 heavy (non-hydrogen) atoms. The molecule has 96 valence electrons. The van der Waals surface area contributed by atoms with Crippen molar-refractivity contribution in [2.45, 2.75) is 19.3 Å². The van der Waals surface area contributed by atoms with Crippen LogP contribution in [-0.4, -0.2) is 46.7 Å². The van der Waals surface area contributed by atoms with Gasteiger partial charge in [0.1, 0.15) is 0 Å². The molecule has 0 fully saturated rings. The SMILES string of the molecule is CNCCC(CCNC)(CCNC)C(N)=O. The van der Waals surface area contributed by atoms with E-state index in [1.54, 1.807) is 0 Å². The molecule has 1 amide bonds. The molecule has 5 heteroatoms. The van der Waals surface area contributed by atoms with Crippen molar-refractivity contribution >= 4 is 5.91 Å². The molecule has 5 N–H and O–H groups in total. The van der Waals surface area contributed by atoms with Crippen molar-refractivity contribution in [2.75, 3.05) is 40.8 Å². The van der Waals surface area contributed by atoms with Crippen LogP contribution in [0.5, 0.6) is 0 Å². The Bertz CT molecular complexity index is 175. The van der Waals surface area contributed by atoms with Crippen LogP contribution in [0.25, 0.3) is 0 Å². The van der Waals surface area contributed by atoms with Crippen molar-refractivity contribution < 1.29 is 4.79 Å². The Balaban J connectivity index is 4.52. The molecule has 0 spiro atoms. The molecule has 0 aromatic rings. The summed E-state index contributed by atoms with van der Waals surface area (Å²) in [5.74, 6) is -0.187. The summed E-state index contributed by atoms with van der Waals surface area (Å²) in [7, 11) is 5.67. The standard InChI is InChI=1S/C11H26N4O/c1-13-7-4-11(10(12)16,5-8-14-2)6-9-15-3/h13-15H,4-9H2,1-3H3,(H2,12,16). The maximum absolute atomic E-state index is 11.7. The van der Waals surface area contributed by atoms with Gasteiger partial charge in [-0.2, -0.15) is 0 Å². The number of amides is 1. The fourth-order valence-corrected chi connectivity index (χ4v) is 1.84. The Kier molecular flexibility index (Phi) is 8.15. The van der Waals surface area contributed by atoms with E-state index in [1.165, 1.54) is 0 Å². The van der Waals surface area contributed by atoms with Gasteiger partial charge in [0.25, 0.3) is 0 Å². The van der Waals surface area contributed by atoms with Crippen molar-refractivity contribution in [1.29, 1.82) is 0 Å². The summed E-state index contributed by atoms with van der Waals surface area (Å²) < 4.78 is 0. The Morgan fingerprint density at radius 3 is 1.44 bits per heavy atom. The lowest BCUT2D eigenvalue weighted by Gasteiger charge is -2.30. The minimum Gasteiger partial charge on any atom is -0.369 e. The summed E-state index contributed by atoms with van der Waals surface area (Å²) >= 11 is 0. The highest BCUT2D eigenvalue weighted by molar-refractivity contribution is 5.80. The third-order valence-corrected chi connectivity index (χ3v) is 3.08. The van der Waals surface area contributed by atoms with E-state index in [0.717, 1.165) is 38.9 Å². The van der Waals surface area contributed by atoms with Gasteiger partial charge in [0, 0.05) is 0 Å². The second kappa shape index (κ2) is 8.50. The molecule has 0 heterocycles. The zero-order chi connectivity index (χ0) is 12.4. The topological polar surface area (TPSA) is 79.2 Å². The molecule has 0 aliphatic rings. The van der Waals surface area contributed by atoms with Crippen LogP contribution in [0.2, 0.25) is 0 Å². The molecule has 0 aliphatic carbocycles. The second-order valence-corrected chi connectivity index (χ2v) is 4.21. The molecule has 0 aliphatic heterocycles. The minimum atomic E-state index is -0.394. The van der Waals surface area contributed by atoms with E-state index in [4.69, 9.17) is 5.73 Å². The highest BCUT2D eigenvalue weighted by Crippen LogP contribution is 2.29. The number of primary amides is 1. The van der Waals surface area contributed by atoms with Gasteiger partial charge < -0.3 is 21.7 Å². The van der Waals surface area contributed by atoms with Gasteiger partial charge in [-0.25, -0.2) is 0 Å². The van der Waals surface area contributed by atoms with E-state index in [1.807, 2.05) is 21.1 Å². The number of hydrogen-bond donors (Lipinski definition) is 4. The smallest absolute Gasteiger partial charge is 0.223 e. The highest BCUT2D eigenvalue weighted by atomic mass is 16.1. The molecule has 0 aromatic heterocycles. The van der Waals surface area contributed by atoms with E-state index in [2.05, 4.69) is 16.0 Å². The molecule has 0 aromatic carbocycles. The van der Waals surface area contributed by atoms with Gasteiger partial charge in [-0.1, -0.05) is 0 Å². The predicted octanol–water partition coefficient (Wildman–Crippen LogP) is -0.713. The van der Waals surface area contributed by atoms with Gasteiger partial charge in [-0.3, -0.25) is 4.79 Å². The van der Waals surface area contributed by atoms with Crippen LogP contribution in [0.1, 0.15) is 19.3 Å². The second-order valence-electron chi connectivity index (χ2n) is 4.21. The van der Waals surface area contributed by atoms with Crippen LogP contribution in [0.4, 0.5) is 0 Å². The molecular formula is C11H26N4O. The van der Waals surface area contributed by atoms with Crippen molar-refractivity contribution in [3.8, 4) is 0 Å². The first-order valence-corrected chi connectivity index (χ1v) is 5.86. The van der Waals surface area contributed by atoms with Crippen molar-refractivity contribution in [2.24, 2.45) is 11.1 Å². The van der Waals surface area contributed by atoms with Crippen LogP contribution in [0, 0.1) is 5.41 Å². The molecule has 5 nitrogen and oxygen atoms in total. The summed E-state index contributed by atoms with van der Waals surface area (Å²) in [6, 6.07) is 0. The van der Waals surface area contributed by atoms with Gasteiger partial charge in [0.15, 0.2) is 0 Å². The number of carbonyl (C=O) groups is 1. The van der Waals surface area contributed by atoms with E-state index in [-0.39, 0.29) is 5.91 Å². The summed E-state index contributed by atoms with van der Waals surface area (Å²) in [6.07, 6.45) is 2.38. The van der Waals surface area contributed by atoms with Gasteiger partial charge in [0.2, 0.25) is 5.91 Å².